The zero-order valence-electron chi connectivity index (χ0n) is 29.4. The minimum atomic E-state index is 0.0887. The van der Waals surface area contributed by atoms with Gasteiger partial charge in [0, 0.05) is 25.6 Å². The lowest BCUT2D eigenvalue weighted by molar-refractivity contribution is -0.125. The van der Waals surface area contributed by atoms with Gasteiger partial charge in [-0.05, 0) is 137 Å². The van der Waals surface area contributed by atoms with Crippen molar-refractivity contribution in [1.29, 1.82) is 0 Å². The van der Waals surface area contributed by atoms with E-state index in [0.717, 1.165) is 123 Å². The van der Waals surface area contributed by atoms with E-state index in [0.29, 0.717) is 5.92 Å². The standard InChI is InChI=1S/C40H66N2O2/c1-32(2)13-8-15-34(5)17-10-18-36(7)21-22-38-29-37(20-11-19-35(6)16-9-14-33(3)4)30-39(31-38)40(43)41-23-12-24-42-25-27-44-28-26-42/h13-14,17,19,29,38-39H,7-12,15-16,18,20-28,30-31H2,1-6H3,(H,41,43)/b34-17+,35-19+/t38-,39+/m1/s1. The monoisotopic (exact) mass is 607 g/mol. The highest BCUT2D eigenvalue weighted by atomic mass is 16.5. The third-order valence-corrected chi connectivity index (χ3v) is 8.99. The summed E-state index contributed by atoms with van der Waals surface area (Å²) in [5, 5.41) is 3.29. The van der Waals surface area contributed by atoms with E-state index in [1.54, 1.807) is 0 Å². The van der Waals surface area contributed by atoms with Crippen molar-refractivity contribution in [2.75, 3.05) is 39.4 Å². The molecule has 1 heterocycles. The largest absolute Gasteiger partial charge is 0.379 e. The molecule has 1 fully saturated rings. The number of carbonyl (C=O) groups excluding carboxylic acids is 1. The van der Waals surface area contributed by atoms with Crippen LogP contribution in [0.4, 0.5) is 0 Å². The summed E-state index contributed by atoms with van der Waals surface area (Å²) in [7, 11) is 0. The highest BCUT2D eigenvalue weighted by molar-refractivity contribution is 5.79. The molecule has 1 aliphatic carbocycles. The molecule has 2 rings (SSSR count). The quantitative estimate of drug-likeness (QED) is 0.111. The third-order valence-electron chi connectivity index (χ3n) is 8.99. The first-order valence-corrected chi connectivity index (χ1v) is 17.6. The summed E-state index contributed by atoms with van der Waals surface area (Å²) >= 11 is 0. The van der Waals surface area contributed by atoms with Crippen LogP contribution in [0, 0.1) is 11.8 Å². The summed E-state index contributed by atoms with van der Waals surface area (Å²) in [5.74, 6) is 0.804. The summed E-state index contributed by atoms with van der Waals surface area (Å²) in [6, 6.07) is 0. The molecule has 0 aromatic carbocycles. The minimum Gasteiger partial charge on any atom is -0.379 e. The predicted molar refractivity (Wildman–Crippen MR) is 191 cm³/mol. The average molecular weight is 607 g/mol. The maximum absolute atomic E-state index is 13.3. The molecule has 248 valence electrons. The van der Waals surface area contributed by atoms with Gasteiger partial charge in [0.05, 0.1) is 13.2 Å². The van der Waals surface area contributed by atoms with Crippen molar-refractivity contribution in [3.8, 4) is 0 Å². The molecule has 1 N–H and O–H groups in total. The van der Waals surface area contributed by atoms with Crippen LogP contribution in [0.3, 0.4) is 0 Å². The first kappa shape index (κ1) is 38.0. The normalized spacial score (nSPS) is 19.7. The topological polar surface area (TPSA) is 41.6 Å². The smallest absolute Gasteiger partial charge is 0.223 e. The summed E-state index contributed by atoms with van der Waals surface area (Å²) in [4.78, 5) is 15.8. The molecule has 0 spiro atoms. The Morgan fingerprint density at radius 3 is 2.14 bits per heavy atom. The van der Waals surface area contributed by atoms with E-state index in [4.69, 9.17) is 4.74 Å². The second-order valence-corrected chi connectivity index (χ2v) is 13.9. The van der Waals surface area contributed by atoms with Crippen molar-refractivity contribution in [1.82, 2.24) is 10.2 Å². The molecule has 1 amide bonds. The molecule has 0 radical (unpaired) electrons. The Morgan fingerprint density at radius 1 is 0.886 bits per heavy atom. The van der Waals surface area contributed by atoms with Crippen molar-refractivity contribution in [3.63, 3.8) is 0 Å². The van der Waals surface area contributed by atoms with Gasteiger partial charge in [0.2, 0.25) is 5.91 Å². The molecular weight excluding hydrogens is 540 g/mol. The van der Waals surface area contributed by atoms with Crippen LogP contribution in [0.2, 0.25) is 0 Å². The Labute approximate surface area is 271 Å². The first-order valence-electron chi connectivity index (χ1n) is 17.6. The number of hydrogen-bond donors (Lipinski definition) is 1. The number of nitrogens with zero attached hydrogens (tertiary/aromatic N) is 1. The number of rotatable bonds is 20. The number of ether oxygens (including phenoxy) is 1. The molecule has 1 aliphatic heterocycles. The van der Waals surface area contributed by atoms with Crippen LogP contribution >= 0.6 is 0 Å². The Hall–Kier alpha value is -2.17. The number of morpholine rings is 1. The van der Waals surface area contributed by atoms with Gasteiger partial charge >= 0.3 is 0 Å². The van der Waals surface area contributed by atoms with Gasteiger partial charge in [-0.3, -0.25) is 9.69 Å². The number of nitrogens with one attached hydrogen (secondary N) is 1. The number of hydrogen-bond acceptors (Lipinski definition) is 3. The molecule has 44 heavy (non-hydrogen) atoms. The van der Waals surface area contributed by atoms with E-state index < -0.39 is 0 Å². The highest BCUT2D eigenvalue weighted by Crippen LogP contribution is 2.34. The van der Waals surface area contributed by atoms with E-state index in [1.807, 2.05) is 0 Å². The zero-order chi connectivity index (χ0) is 32.2. The van der Waals surface area contributed by atoms with Crippen LogP contribution < -0.4 is 5.32 Å². The molecule has 0 unspecified atom stereocenters. The van der Waals surface area contributed by atoms with Crippen LogP contribution in [0.1, 0.15) is 125 Å². The van der Waals surface area contributed by atoms with Crippen LogP contribution in [-0.4, -0.2) is 50.2 Å². The fraction of sp³-hybridized carbons (Fsp3) is 0.675. The molecule has 2 atom stereocenters. The predicted octanol–water partition coefficient (Wildman–Crippen LogP) is 10.1. The number of amides is 1. The molecule has 0 aromatic heterocycles. The highest BCUT2D eigenvalue weighted by Gasteiger charge is 2.27. The Bertz CT molecular complexity index is 1010. The molecule has 2 aliphatic rings. The van der Waals surface area contributed by atoms with Gasteiger partial charge in [-0.15, -0.1) is 0 Å². The van der Waals surface area contributed by atoms with Gasteiger partial charge in [-0.2, -0.15) is 0 Å². The molecule has 1 saturated heterocycles. The zero-order valence-corrected chi connectivity index (χ0v) is 29.4. The summed E-state index contributed by atoms with van der Waals surface area (Å²) in [6.45, 7) is 23.1. The fourth-order valence-corrected chi connectivity index (χ4v) is 6.23. The molecule has 4 heteroatoms. The molecular formula is C40H66N2O2. The molecule has 0 bridgehead atoms. The van der Waals surface area contributed by atoms with E-state index >= 15 is 0 Å². The SMILES string of the molecule is C=C(CC/C=C(\C)CCC=C(C)C)CC[C@@H]1C=C(CC/C=C(\C)CCC=C(C)C)C[C@H](C(=O)NCCCN2CCOCC2)C1. The van der Waals surface area contributed by atoms with Gasteiger partial charge in [0.25, 0.3) is 0 Å². The summed E-state index contributed by atoms with van der Waals surface area (Å²) in [5.41, 5.74) is 8.57. The van der Waals surface area contributed by atoms with Gasteiger partial charge in [0.15, 0.2) is 0 Å². The van der Waals surface area contributed by atoms with E-state index in [2.05, 4.69) is 88.7 Å². The van der Waals surface area contributed by atoms with Crippen molar-refractivity contribution in [3.05, 3.63) is 70.4 Å². The van der Waals surface area contributed by atoms with Crippen molar-refractivity contribution >= 4 is 5.91 Å². The Balaban J connectivity index is 1.88. The average Bonchev–Trinajstić information content (AvgIpc) is 2.98. The second-order valence-electron chi connectivity index (χ2n) is 13.9. The minimum absolute atomic E-state index is 0.0887. The summed E-state index contributed by atoms with van der Waals surface area (Å²) < 4.78 is 5.46. The van der Waals surface area contributed by atoms with Crippen molar-refractivity contribution < 1.29 is 9.53 Å². The molecule has 0 aromatic rings. The molecule has 0 saturated carbocycles. The number of carbonyl (C=O) groups is 1. The van der Waals surface area contributed by atoms with E-state index in [1.165, 1.54) is 33.4 Å². The van der Waals surface area contributed by atoms with Gasteiger partial charge in [-0.25, -0.2) is 0 Å². The van der Waals surface area contributed by atoms with Gasteiger partial charge < -0.3 is 10.1 Å². The van der Waals surface area contributed by atoms with Crippen LogP contribution in [0.5, 0.6) is 0 Å². The summed E-state index contributed by atoms with van der Waals surface area (Å²) in [6.07, 6.45) is 25.8. The van der Waals surface area contributed by atoms with Gasteiger partial charge in [-0.1, -0.05) is 70.4 Å². The van der Waals surface area contributed by atoms with Crippen LogP contribution in [0.25, 0.3) is 0 Å². The number of allylic oxidation sites excluding steroid dienone is 11. The fourth-order valence-electron chi connectivity index (χ4n) is 6.23. The lowest BCUT2D eigenvalue weighted by atomic mass is 9.78. The lowest BCUT2D eigenvalue weighted by Gasteiger charge is -2.29. The first-order chi connectivity index (χ1) is 21.1. The van der Waals surface area contributed by atoms with E-state index in [9.17, 15) is 4.79 Å². The maximum Gasteiger partial charge on any atom is 0.223 e. The van der Waals surface area contributed by atoms with Crippen molar-refractivity contribution in [2.45, 2.75) is 125 Å². The molecule has 4 nitrogen and oxygen atoms in total. The maximum atomic E-state index is 13.3. The van der Waals surface area contributed by atoms with E-state index in [-0.39, 0.29) is 11.8 Å². The Morgan fingerprint density at radius 2 is 1.50 bits per heavy atom. The second kappa shape index (κ2) is 22.4. The van der Waals surface area contributed by atoms with Crippen molar-refractivity contribution in [2.24, 2.45) is 11.8 Å². The lowest BCUT2D eigenvalue weighted by Crippen LogP contribution is -2.39. The Kier molecular flexibility index (Phi) is 19.3. The third kappa shape index (κ3) is 18.0. The van der Waals surface area contributed by atoms with Crippen LogP contribution in [-0.2, 0) is 9.53 Å². The van der Waals surface area contributed by atoms with Gasteiger partial charge in [0.1, 0.15) is 0 Å². The van der Waals surface area contributed by atoms with Crippen LogP contribution in [0.15, 0.2) is 70.4 Å².